The highest BCUT2D eigenvalue weighted by atomic mass is 19.1. The van der Waals surface area contributed by atoms with Crippen molar-refractivity contribution in [3.8, 4) is 0 Å². The second-order valence-electron chi connectivity index (χ2n) is 5.52. The van der Waals surface area contributed by atoms with Crippen molar-refractivity contribution in [3.05, 3.63) is 30.1 Å². The molecule has 1 aliphatic rings. The van der Waals surface area contributed by atoms with Gasteiger partial charge in [-0.2, -0.15) is 0 Å². The average molecular weight is 279 g/mol. The number of carbonyl (C=O) groups excluding carboxylic acids is 1. The van der Waals surface area contributed by atoms with Crippen LogP contribution in [-0.2, 0) is 4.79 Å². The Balaban J connectivity index is 1.92. The van der Waals surface area contributed by atoms with Crippen molar-refractivity contribution in [1.29, 1.82) is 0 Å². The van der Waals surface area contributed by atoms with Crippen LogP contribution in [0.15, 0.2) is 24.3 Å². The van der Waals surface area contributed by atoms with Crippen molar-refractivity contribution >= 4 is 11.6 Å². The summed E-state index contributed by atoms with van der Waals surface area (Å²) in [6.45, 7) is 3.90. The van der Waals surface area contributed by atoms with Gasteiger partial charge in [-0.3, -0.25) is 9.69 Å². The molecule has 3 N–H and O–H groups in total. The molecule has 1 aliphatic heterocycles. The van der Waals surface area contributed by atoms with E-state index in [2.05, 4.69) is 17.1 Å². The first-order valence-corrected chi connectivity index (χ1v) is 7.08. The monoisotopic (exact) mass is 279 g/mol. The van der Waals surface area contributed by atoms with Crippen molar-refractivity contribution < 1.29 is 9.18 Å². The third-order valence-electron chi connectivity index (χ3n) is 3.87. The summed E-state index contributed by atoms with van der Waals surface area (Å²) in [6, 6.07) is 6.43. The van der Waals surface area contributed by atoms with Gasteiger partial charge in [0.25, 0.3) is 0 Å². The summed E-state index contributed by atoms with van der Waals surface area (Å²) in [6.07, 6.45) is 2.09. The molecule has 1 aromatic rings. The van der Waals surface area contributed by atoms with E-state index in [-0.39, 0.29) is 24.2 Å². The van der Waals surface area contributed by atoms with E-state index in [4.69, 9.17) is 5.73 Å². The number of nitrogens with zero attached hydrogens (tertiary/aromatic N) is 1. The Hall–Kier alpha value is -1.46. The fourth-order valence-electron chi connectivity index (χ4n) is 2.69. The standard InChI is InChI=1S/C15H22FN3O/c1-11-6-7-19(12(8-11)9-17)10-15(20)18-14-5-3-2-4-13(14)16/h2-5,11-12H,6-10,17H2,1H3,(H,18,20). The van der Waals surface area contributed by atoms with Crippen molar-refractivity contribution in [1.82, 2.24) is 4.90 Å². The number of nitrogens with two attached hydrogens (primary N) is 1. The summed E-state index contributed by atoms with van der Waals surface area (Å²) >= 11 is 0. The molecule has 0 bridgehead atoms. The topological polar surface area (TPSA) is 58.4 Å². The Kier molecular flexibility index (Phi) is 5.09. The van der Waals surface area contributed by atoms with Gasteiger partial charge in [-0.05, 0) is 37.4 Å². The Morgan fingerprint density at radius 2 is 2.25 bits per heavy atom. The molecule has 1 aromatic carbocycles. The van der Waals surface area contributed by atoms with Crippen molar-refractivity contribution in [2.45, 2.75) is 25.8 Å². The molecule has 1 amide bonds. The number of para-hydroxylation sites is 1. The van der Waals surface area contributed by atoms with Gasteiger partial charge in [-0.15, -0.1) is 0 Å². The van der Waals surface area contributed by atoms with Crippen LogP contribution in [-0.4, -0.2) is 36.5 Å². The zero-order valence-corrected chi connectivity index (χ0v) is 11.8. The summed E-state index contributed by atoms with van der Waals surface area (Å²) in [5.41, 5.74) is 6.00. The van der Waals surface area contributed by atoms with E-state index in [0.29, 0.717) is 12.5 Å². The van der Waals surface area contributed by atoms with Crippen LogP contribution >= 0.6 is 0 Å². The number of amides is 1. The van der Waals surface area contributed by atoms with Gasteiger partial charge in [0.05, 0.1) is 12.2 Å². The number of rotatable bonds is 4. The Morgan fingerprint density at radius 1 is 1.50 bits per heavy atom. The van der Waals surface area contributed by atoms with E-state index >= 15 is 0 Å². The van der Waals surface area contributed by atoms with E-state index in [9.17, 15) is 9.18 Å². The number of halogens is 1. The molecule has 0 saturated carbocycles. The maximum absolute atomic E-state index is 13.5. The first-order chi connectivity index (χ1) is 9.60. The lowest BCUT2D eigenvalue weighted by Gasteiger charge is -2.37. The van der Waals surface area contributed by atoms with Crippen LogP contribution in [0.25, 0.3) is 0 Å². The SMILES string of the molecule is CC1CCN(CC(=O)Nc2ccccc2F)C(CN)C1. The summed E-state index contributed by atoms with van der Waals surface area (Å²) < 4.78 is 13.5. The number of hydrogen-bond acceptors (Lipinski definition) is 3. The van der Waals surface area contributed by atoms with Crippen molar-refractivity contribution in [2.24, 2.45) is 11.7 Å². The number of likely N-dealkylation sites (tertiary alicyclic amines) is 1. The normalized spacial score (nSPS) is 23.6. The molecule has 1 heterocycles. The number of carbonyl (C=O) groups is 1. The summed E-state index contributed by atoms with van der Waals surface area (Å²) in [4.78, 5) is 14.1. The zero-order chi connectivity index (χ0) is 14.5. The molecule has 2 unspecified atom stereocenters. The third kappa shape index (κ3) is 3.77. The Morgan fingerprint density at radius 3 is 2.95 bits per heavy atom. The third-order valence-corrected chi connectivity index (χ3v) is 3.87. The number of hydrogen-bond donors (Lipinski definition) is 2. The van der Waals surface area contributed by atoms with Gasteiger partial charge < -0.3 is 11.1 Å². The highest BCUT2D eigenvalue weighted by Gasteiger charge is 2.26. The predicted octanol–water partition coefficient (Wildman–Crippen LogP) is 1.82. The molecule has 20 heavy (non-hydrogen) atoms. The maximum Gasteiger partial charge on any atom is 0.238 e. The van der Waals surface area contributed by atoms with E-state index in [1.165, 1.54) is 6.07 Å². The molecule has 2 rings (SSSR count). The molecule has 2 atom stereocenters. The van der Waals surface area contributed by atoms with Gasteiger partial charge in [0.2, 0.25) is 5.91 Å². The Labute approximate surface area is 119 Å². The molecular formula is C15H22FN3O. The number of nitrogens with one attached hydrogen (secondary N) is 1. The zero-order valence-electron chi connectivity index (χ0n) is 11.8. The second-order valence-corrected chi connectivity index (χ2v) is 5.52. The quantitative estimate of drug-likeness (QED) is 0.884. The summed E-state index contributed by atoms with van der Waals surface area (Å²) in [5, 5.41) is 2.62. The molecule has 4 nitrogen and oxygen atoms in total. The van der Waals surface area contributed by atoms with Crippen LogP contribution < -0.4 is 11.1 Å². The van der Waals surface area contributed by atoms with Crippen LogP contribution in [0, 0.1) is 11.7 Å². The van der Waals surface area contributed by atoms with E-state index in [1.807, 2.05) is 0 Å². The van der Waals surface area contributed by atoms with Crippen molar-refractivity contribution in [3.63, 3.8) is 0 Å². The fourth-order valence-corrected chi connectivity index (χ4v) is 2.69. The molecule has 1 saturated heterocycles. The first kappa shape index (κ1) is 14.9. The maximum atomic E-state index is 13.5. The molecule has 0 aliphatic carbocycles. The van der Waals surface area contributed by atoms with Crippen molar-refractivity contribution in [2.75, 3.05) is 25.0 Å². The van der Waals surface area contributed by atoms with Gasteiger partial charge >= 0.3 is 0 Å². The van der Waals surface area contributed by atoms with E-state index in [1.54, 1.807) is 18.2 Å². The number of benzene rings is 1. The highest BCUT2D eigenvalue weighted by molar-refractivity contribution is 5.92. The number of anilines is 1. The van der Waals surface area contributed by atoms with E-state index < -0.39 is 5.82 Å². The minimum absolute atomic E-state index is 0.192. The minimum atomic E-state index is -0.413. The molecule has 0 aromatic heterocycles. The highest BCUT2D eigenvalue weighted by Crippen LogP contribution is 2.21. The van der Waals surface area contributed by atoms with Crippen LogP contribution in [0.5, 0.6) is 0 Å². The number of piperidine rings is 1. The summed E-state index contributed by atoms with van der Waals surface area (Å²) in [5.74, 6) is 0.0426. The molecule has 1 fully saturated rings. The largest absolute Gasteiger partial charge is 0.329 e. The smallest absolute Gasteiger partial charge is 0.238 e. The minimum Gasteiger partial charge on any atom is -0.329 e. The average Bonchev–Trinajstić information content (AvgIpc) is 2.43. The molecule has 0 radical (unpaired) electrons. The lowest BCUT2D eigenvalue weighted by molar-refractivity contribution is -0.118. The fraction of sp³-hybridized carbons (Fsp3) is 0.533. The van der Waals surface area contributed by atoms with Gasteiger partial charge in [0, 0.05) is 12.6 Å². The van der Waals surface area contributed by atoms with Crippen LogP contribution in [0.2, 0.25) is 0 Å². The van der Waals surface area contributed by atoms with Gasteiger partial charge in [0.15, 0.2) is 0 Å². The molecule has 0 spiro atoms. The van der Waals surface area contributed by atoms with E-state index in [0.717, 1.165) is 19.4 Å². The Bertz CT molecular complexity index is 466. The van der Waals surface area contributed by atoms with Crippen LogP contribution in [0.1, 0.15) is 19.8 Å². The second kappa shape index (κ2) is 6.81. The lowest BCUT2D eigenvalue weighted by atomic mass is 9.92. The van der Waals surface area contributed by atoms with Gasteiger partial charge in [-0.1, -0.05) is 19.1 Å². The van der Waals surface area contributed by atoms with Crippen LogP contribution in [0.3, 0.4) is 0 Å². The van der Waals surface area contributed by atoms with Gasteiger partial charge in [0.1, 0.15) is 5.82 Å². The summed E-state index contributed by atoms with van der Waals surface area (Å²) in [7, 11) is 0. The predicted molar refractivity (Wildman–Crippen MR) is 77.8 cm³/mol. The molecular weight excluding hydrogens is 257 g/mol. The molecule has 110 valence electrons. The van der Waals surface area contributed by atoms with Gasteiger partial charge in [-0.25, -0.2) is 4.39 Å². The molecule has 5 heteroatoms. The first-order valence-electron chi connectivity index (χ1n) is 7.08. The lowest BCUT2D eigenvalue weighted by Crippen LogP contribution is -2.49. The van der Waals surface area contributed by atoms with Crippen LogP contribution in [0.4, 0.5) is 10.1 Å².